The second kappa shape index (κ2) is 5.70. The minimum Gasteiger partial charge on any atom is -0.328 e. The van der Waals surface area contributed by atoms with Gasteiger partial charge in [-0.1, -0.05) is 44.2 Å². The quantitative estimate of drug-likeness (QED) is 0.780. The van der Waals surface area contributed by atoms with Gasteiger partial charge < -0.3 is 4.98 Å². The van der Waals surface area contributed by atoms with Gasteiger partial charge in [0.15, 0.2) is 0 Å². The number of nitrogens with zero attached hydrogens (tertiary/aromatic N) is 3. The molecule has 1 N–H and O–H groups in total. The van der Waals surface area contributed by atoms with Gasteiger partial charge in [0.25, 0.3) is 0 Å². The van der Waals surface area contributed by atoms with Gasteiger partial charge in [-0.3, -0.25) is 9.78 Å². The highest BCUT2D eigenvalue weighted by Crippen LogP contribution is 2.34. The van der Waals surface area contributed by atoms with Crippen LogP contribution in [0.15, 0.2) is 72.1 Å². The first kappa shape index (κ1) is 15.3. The van der Waals surface area contributed by atoms with Crippen LogP contribution in [0.4, 0.5) is 0 Å². The van der Waals surface area contributed by atoms with Gasteiger partial charge in [-0.05, 0) is 6.07 Å². The zero-order valence-corrected chi connectivity index (χ0v) is 14.1. The molecule has 1 aliphatic rings. The molecule has 0 saturated carbocycles. The third-order valence-electron chi connectivity index (χ3n) is 4.28. The van der Waals surface area contributed by atoms with Crippen LogP contribution in [0.1, 0.15) is 19.5 Å². The smallest absolute Gasteiger partial charge is 0.247 e. The van der Waals surface area contributed by atoms with E-state index in [-0.39, 0.29) is 11.0 Å². The molecule has 0 aromatic carbocycles. The van der Waals surface area contributed by atoms with Gasteiger partial charge in [0.1, 0.15) is 5.69 Å². The highest BCUT2D eigenvalue weighted by atomic mass is 16.1. The van der Waals surface area contributed by atoms with Crippen LogP contribution in [0.25, 0.3) is 22.2 Å². The molecular formula is C20H18N4O. The van der Waals surface area contributed by atoms with Crippen molar-refractivity contribution < 1.29 is 0 Å². The molecular weight excluding hydrogens is 312 g/mol. The summed E-state index contributed by atoms with van der Waals surface area (Å²) in [6.45, 7) is 4.32. The number of nitrogens with one attached hydrogen (secondary N) is 1. The van der Waals surface area contributed by atoms with Crippen molar-refractivity contribution in [2.24, 2.45) is 5.41 Å². The van der Waals surface area contributed by atoms with Crippen LogP contribution in [-0.4, -0.2) is 19.6 Å². The molecule has 0 amide bonds. The lowest BCUT2D eigenvalue weighted by molar-refractivity contribution is 0.627. The monoisotopic (exact) mass is 330 g/mol. The van der Waals surface area contributed by atoms with Crippen LogP contribution in [0, 0.1) is 5.41 Å². The average Bonchev–Trinajstić information content (AvgIpc) is 2.88. The van der Waals surface area contributed by atoms with E-state index in [0.717, 1.165) is 27.9 Å². The molecule has 0 spiro atoms. The molecule has 5 nitrogen and oxygen atoms in total. The molecule has 1 aliphatic carbocycles. The Balaban J connectivity index is 1.97. The van der Waals surface area contributed by atoms with E-state index >= 15 is 0 Å². The number of pyridine rings is 1. The lowest BCUT2D eigenvalue weighted by Crippen LogP contribution is -2.02. The molecule has 0 radical (unpaired) electrons. The lowest BCUT2D eigenvalue weighted by atomic mass is 9.93. The fourth-order valence-corrected chi connectivity index (χ4v) is 2.93. The summed E-state index contributed by atoms with van der Waals surface area (Å²) in [5, 5.41) is 4.76. The van der Waals surface area contributed by atoms with Crippen LogP contribution in [0.2, 0.25) is 0 Å². The summed E-state index contributed by atoms with van der Waals surface area (Å²) in [6.07, 6.45) is 17.6. The van der Waals surface area contributed by atoms with E-state index in [2.05, 4.69) is 54.2 Å². The summed E-state index contributed by atoms with van der Waals surface area (Å²) in [7, 11) is 0. The van der Waals surface area contributed by atoms with Gasteiger partial charge >= 0.3 is 0 Å². The van der Waals surface area contributed by atoms with E-state index in [1.54, 1.807) is 18.6 Å². The number of fused-ring (bicyclic) bond motifs is 1. The van der Waals surface area contributed by atoms with Gasteiger partial charge in [-0.15, -0.1) is 0 Å². The first-order valence-corrected chi connectivity index (χ1v) is 8.14. The van der Waals surface area contributed by atoms with E-state index in [1.807, 2.05) is 16.8 Å². The van der Waals surface area contributed by atoms with Crippen molar-refractivity contribution in [1.82, 2.24) is 19.6 Å². The van der Waals surface area contributed by atoms with Crippen molar-refractivity contribution in [3.05, 3.63) is 83.3 Å². The lowest BCUT2D eigenvalue weighted by Gasteiger charge is -2.12. The second-order valence-electron chi connectivity index (χ2n) is 6.71. The van der Waals surface area contributed by atoms with Crippen LogP contribution in [-0.2, 0) is 0 Å². The van der Waals surface area contributed by atoms with E-state index in [0.29, 0.717) is 0 Å². The summed E-state index contributed by atoms with van der Waals surface area (Å²) >= 11 is 0. The Labute approximate surface area is 145 Å². The number of hydrogen-bond donors (Lipinski definition) is 1. The molecule has 0 atom stereocenters. The summed E-state index contributed by atoms with van der Waals surface area (Å²) in [4.78, 5) is 18.4. The first-order valence-electron chi connectivity index (χ1n) is 8.14. The summed E-state index contributed by atoms with van der Waals surface area (Å²) in [5.41, 5.74) is 4.50. The van der Waals surface area contributed by atoms with E-state index in [4.69, 9.17) is 5.10 Å². The van der Waals surface area contributed by atoms with Crippen molar-refractivity contribution in [2.75, 3.05) is 0 Å². The molecule has 3 aromatic rings. The maximum absolute atomic E-state index is 11.4. The van der Waals surface area contributed by atoms with Gasteiger partial charge in [0.05, 0.1) is 11.7 Å². The van der Waals surface area contributed by atoms with Crippen molar-refractivity contribution >= 4 is 11.1 Å². The molecule has 4 rings (SSSR count). The van der Waals surface area contributed by atoms with Gasteiger partial charge in [-0.2, -0.15) is 5.10 Å². The number of aromatic nitrogens is 4. The maximum Gasteiger partial charge on any atom is 0.247 e. The summed E-state index contributed by atoms with van der Waals surface area (Å²) in [5.74, 6) is 0. The molecule has 5 heteroatoms. The normalized spacial score (nSPS) is 16.0. The number of hydrogen-bond acceptors (Lipinski definition) is 3. The van der Waals surface area contributed by atoms with Crippen LogP contribution < -0.4 is 5.56 Å². The average molecular weight is 330 g/mol. The topological polar surface area (TPSA) is 63.1 Å². The van der Waals surface area contributed by atoms with Crippen molar-refractivity contribution in [3.8, 4) is 11.1 Å². The molecule has 3 heterocycles. The van der Waals surface area contributed by atoms with E-state index in [9.17, 15) is 4.79 Å². The third-order valence-corrected chi connectivity index (χ3v) is 4.28. The van der Waals surface area contributed by atoms with E-state index in [1.165, 1.54) is 6.07 Å². The molecule has 124 valence electrons. The minimum absolute atomic E-state index is 0.00287. The van der Waals surface area contributed by atoms with Gasteiger partial charge in [-0.25, -0.2) is 4.52 Å². The molecule has 0 saturated heterocycles. The van der Waals surface area contributed by atoms with E-state index < -0.39 is 0 Å². The molecule has 0 bridgehead atoms. The largest absolute Gasteiger partial charge is 0.328 e. The predicted octanol–water partition coefficient (Wildman–Crippen LogP) is 3.62. The first-order chi connectivity index (χ1) is 12.0. The number of rotatable bonds is 2. The van der Waals surface area contributed by atoms with Crippen LogP contribution >= 0.6 is 0 Å². The summed E-state index contributed by atoms with van der Waals surface area (Å²) < 4.78 is 1.82. The standard InChI is InChI=1S/C20H18N4O/c1-20(2)8-3-4-14(7-9-20)19-18(15-5-6-17(25)22-12-15)16-13-21-10-11-24(16)23-19/h3-13H,1-2H3,(H,22,25). The fourth-order valence-electron chi connectivity index (χ4n) is 2.93. The Morgan fingerprint density at radius 2 is 2.08 bits per heavy atom. The number of H-pyrrole nitrogens is 1. The number of allylic oxidation sites excluding steroid dienone is 6. The molecule has 3 aromatic heterocycles. The molecule has 0 unspecified atom stereocenters. The highest BCUT2D eigenvalue weighted by Gasteiger charge is 2.19. The molecule has 0 fully saturated rings. The fraction of sp³-hybridized carbons (Fsp3) is 0.150. The Bertz CT molecular complexity index is 1080. The zero-order valence-electron chi connectivity index (χ0n) is 14.1. The summed E-state index contributed by atoms with van der Waals surface area (Å²) in [6, 6.07) is 3.34. The maximum atomic E-state index is 11.4. The van der Waals surface area contributed by atoms with Crippen LogP contribution in [0.5, 0.6) is 0 Å². The number of aromatic amines is 1. The Morgan fingerprint density at radius 1 is 1.20 bits per heavy atom. The van der Waals surface area contributed by atoms with Crippen molar-refractivity contribution in [2.45, 2.75) is 13.8 Å². The Morgan fingerprint density at radius 3 is 2.88 bits per heavy atom. The third kappa shape index (κ3) is 2.85. The highest BCUT2D eigenvalue weighted by molar-refractivity contribution is 5.92. The molecule has 25 heavy (non-hydrogen) atoms. The van der Waals surface area contributed by atoms with Gasteiger partial charge in [0.2, 0.25) is 5.56 Å². The molecule has 0 aliphatic heterocycles. The SMILES string of the molecule is CC1(C)C=CC=C(c2nn3ccncc3c2-c2ccc(=O)[nH]c2)C=C1. The van der Waals surface area contributed by atoms with Crippen molar-refractivity contribution in [1.29, 1.82) is 0 Å². The van der Waals surface area contributed by atoms with Gasteiger partial charge in [0, 0.05) is 46.8 Å². The second-order valence-corrected chi connectivity index (χ2v) is 6.71. The Kier molecular flexibility index (Phi) is 3.50. The zero-order chi connectivity index (χ0) is 17.4. The van der Waals surface area contributed by atoms with Crippen LogP contribution in [0.3, 0.4) is 0 Å². The minimum atomic E-state index is -0.127. The van der Waals surface area contributed by atoms with Crippen molar-refractivity contribution in [3.63, 3.8) is 0 Å². The Hall–Kier alpha value is -3.21. The predicted molar refractivity (Wildman–Crippen MR) is 99.1 cm³/mol.